The quantitative estimate of drug-likeness (QED) is 0.562. The molecule has 0 spiro atoms. The van der Waals surface area contributed by atoms with Crippen LogP contribution in [0.15, 0.2) is 6.07 Å². The summed E-state index contributed by atoms with van der Waals surface area (Å²) >= 11 is 0. The van der Waals surface area contributed by atoms with Gasteiger partial charge in [0.1, 0.15) is 11.9 Å². The molecule has 2 aliphatic rings. The molecule has 7 nitrogen and oxygen atoms in total. The van der Waals surface area contributed by atoms with Gasteiger partial charge in [-0.3, -0.25) is 4.79 Å². The van der Waals surface area contributed by atoms with E-state index in [4.69, 9.17) is 9.47 Å². The van der Waals surface area contributed by atoms with E-state index in [1.165, 1.54) is 7.11 Å². The van der Waals surface area contributed by atoms with Gasteiger partial charge in [-0.05, 0) is 26.7 Å². The third kappa shape index (κ3) is 2.27. The number of ether oxygens (including phenoxy) is 2. The number of fused-ring (bicyclic) bond motifs is 3. The Labute approximate surface area is 139 Å². The minimum Gasteiger partial charge on any atom is -0.507 e. The molecule has 0 unspecified atom stereocenters. The second-order valence-electron chi connectivity index (χ2n) is 7.03. The number of ketones is 1. The first-order valence-electron chi connectivity index (χ1n) is 7.85. The van der Waals surface area contributed by atoms with Crippen LogP contribution in [0.1, 0.15) is 42.6 Å². The van der Waals surface area contributed by atoms with E-state index in [1.807, 2.05) is 0 Å². The van der Waals surface area contributed by atoms with E-state index in [0.717, 1.165) is 6.07 Å². The van der Waals surface area contributed by atoms with E-state index < -0.39 is 29.2 Å². The van der Waals surface area contributed by atoms with Crippen LogP contribution in [0.3, 0.4) is 0 Å². The fraction of sp³-hybridized carbons (Fsp3) is 0.588. The summed E-state index contributed by atoms with van der Waals surface area (Å²) in [6.07, 6.45) is -1.72. The Kier molecular flexibility index (Phi) is 3.78. The van der Waals surface area contributed by atoms with Crippen LogP contribution >= 0.6 is 0 Å². The lowest BCUT2D eigenvalue weighted by Crippen LogP contribution is -2.61. The highest BCUT2D eigenvalue weighted by Crippen LogP contribution is 2.48. The Bertz CT molecular complexity index is 701. The zero-order valence-corrected chi connectivity index (χ0v) is 13.9. The van der Waals surface area contributed by atoms with Gasteiger partial charge in [0.05, 0.1) is 30.0 Å². The molecule has 1 saturated heterocycles. The summed E-state index contributed by atoms with van der Waals surface area (Å²) in [6, 6.07) is 1.14. The number of Topliss-reactive ketones (excluding diaryl/α,β-unsaturated/α-hetero) is 1. The maximum absolute atomic E-state index is 12.7. The van der Waals surface area contributed by atoms with Crippen LogP contribution in [0, 0.1) is 0 Å². The molecule has 2 bridgehead atoms. The summed E-state index contributed by atoms with van der Waals surface area (Å²) in [4.78, 5) is 12.7. The number of rotatable bonds is 1. The van der Waals surface area contributed by atoms with Gasteiger partial charge in [0, 0.05) is 18.1 Å². The van der Waals surface area contributed by atoms with E-state index in [9.17, 15) is 25.2 Å². The number of hydrogen-bond donors (Lipinski definition) is 4. The Morgan fingerprint density at radius 2 is 1.92 bits per heavy atom. The molecule has 2 aliphatic heterocycles. The van der Waals surface area contributed by atoms with Crippen molar-refractivity contribution in [3.63, 3.8) is 0 Å². The van der Waals surface area contributed by atoms with Gasteiger partial charge in [-0.2, -0.15) is 0 Å². The van der Waals surface area contributed by atoms with E-state index in [2.05, 4.69) is 0 Å². The highest BCUT2D eigenvalue weighted by Gasteiger charge is 2.54. The van der Waals surface area contributed by atoms with Crippen molar-refractivity contribution in [2.24, 2.45) is 0 Å². The van der Waals surface area contributed by atoms with Gasteiger partial charge in [0.2, 0.25) is 0 Å². The predicted molar refractivity (Wildman–Crippen MR) is 83.5 cm³/mol. The number of carbonyl (C=O) groups is 1. The minimum atomic E-state index is -1.53. The van der Waals surface area contributed by atoms with E-state index in [-0.39, 0.29) is 34.8 Å². The second kappa shape index (κ2) is 5.34. The van der Waals surface area contributed by atoms with Gasteiger partial charge in [-0.25, -0.2) is 0 Å². The monoisotopic (exact) mass is 338 g/mol. The average molecular weight is 338 g/mol. The summed E-state index contributed by atoms with van der Waals surface area (Å²) in [5.74, 6) is -1.41. The fourth-order valence-electron chi connectivity index (χ4n) is 3.78. The van der Waals surface area contributed by atoms with Crippen LogP contribution in [-0.2, 0) is 11.2 Å². The van der Waals surface area contributed by atoms with Gasteiger partial charge in [-0.15, -0.1) is 0 Å². The van der Waals surface area contributed by atoms with Crippen LogP contribution in [0.5, 0.6) is 17.2 Å². The lowest BCUT2D eigenvalue weighted by atomic mass is 9.74. The third-order valence-corrected chi connectivity index (χ3v) is 5.25. The van der Waals surface area contributed by atoms with Crippen LogP contribution in [-0.4, -0.2) is 56.7 Å². The molecule has 1 aromatic rings. The number of benzene rings is 1. The number of aliphatic hydroxyl groups is 2. The molecule has 24 heavy (non-hydrogen) atoms. The minimum absolute atomic E-state index is 0.00535. The van der Waals surface area contributed by atoms with Crippen molar-refractivity contribution in [1.29, 1.82) is 0 Å². The van der Waals surface area contributed by atoms with Gasteiger partial charge in [0.15, 0.2) is 17.3 Å². The number of hydrogen-bond acceptors (Lipinski definition) is 7. The summed E-state index contributed by atoms with van der Waals surface area (Å²) in [5, 5.41) is 41.7. The first-order chi connectivity index (χ1) is 11.1. The van der Waals surface area contributed by atoms with Crippen molar-refractivity contribution < 1.29 is 34.7 Å². The number of aliphatic hydroxyl groups excluding tert-OH is 2. The van der Waals surface area contributed by atoms with Crippen molar-refractivity contribution in [2.75, 3.05) is 7.11 Å². The van der Waals surface area contributed by atoms with Crippen molar-refractivity contribution in [1.82, 2.24) is 0 Å². The van der Waals surface area contributed by atoms with Crippen molar-refractivity contribution in [2.45, 2.75) is 56.5 Å². The summed E-state index contributed by atoms with van der Waals surface area (Å²) < 4.78 is 11.0. The molecule has 2 heterocycles. The number of methoxy groups -OCH3 is 1. The molecule has 0 radical (unpaired) electrons. The molecule has 4 N–H and O–H groups in total. The Morgan fingerprint density at radius 3 is 2.54 bits per heavy atom. The molecule has 1 fully saturated rings. The highest BCUT2D eigenvalue weighted by molar-refractivity contribution is 6.04. The molecule has 3 rings (SSSR count). The highest BCUT2D eigenvalue weighted by atomic mass is 16.6. The SMILES string of the molecule is COc1cc(O)c2c(c1O)C[C@]1(C)O[C@@](C)(CC[C@H]1O)[C@H](O)C2=O. The van der Waals surface area contributed by atoms with E-state index in [1.54, 1.807) is 13.8 Å². The zero-order valence-electron chi connectivity index (χ0n) is 13.9. The van der Waals surface area contributed by atoms with Gasteiger partial charge in [0.25, 0.3) is 0 Å². The average Bonchev–Trinajstić information content (AvgIpc) is 2.52. The maximum Gasteiger partial charge on any atom is 0.198 e. The van der Waals surface area contributed by atoms with Crippen molar-refractivity contribution in [3.8, 4) is 17.2 Å². The van der Waals surface area contributed by atoms with Gasteiger partial charge < -0.3 is 29.9 Å². The molecular weight excluding hydrogens is 316 g/mol. The number of aromatic hydroxyl groups is 2. The molecule has 132 valence electrons. The largest absolute Gasteiger partial charge is 0.507 e. The first-order valence-corrected chi connectivity index (χ1v) is 7.85. The van der Waals surface area contributed by atoms with Crippen LogP contribution < -0.4 is 4.74 Å². The Balaban J connectivity index is 2.28. The molecule has 0 aliphatic carbocycles. The topological polar surface area (TPSA) is 116 Å². The fourth-order valence-corrected chi connectivity index (χ4v) is 3.78. The smallest absolute Gasteiger partial charge is 0.198 e. The number of carbonyl (C=O) groups excluding carboxylic acids is 1. The van der Waals surface area contributed by atoms with Crippen LogP contribution in [0.2, 0.25) is 0 Å². The molecule has 0 saturated carbocycles. The maximum atomic E-state index is 12.7. The molecule has 1 aromatic carbocycles. The van der Waals surface area contributed by atoms with Gasteiger partial charge >= 0.3 is 0 Å². The molecular formula is C17H22O7. The first kappa shape index (κ1) is 17.0. The lowest BCUT2D eigenvalue weighted by Gasteiger charge is -2.50. The second-order valence-corrected chi connectivity index (χ2v) is 7.03. The van der Waals surface area contributed by atoms with Crippen molar-refractivity contribution in [3.05, 3.63) is 17.2 Å². The normalized spacial score (nSPS) is 35.8. The van der Waals surface area contributed by atoms with E-state index in [0.29, 0.717) is 12.8 Å². The third-order valence-electron chi connectivity index (χ3n) is 5.25. The predicted octanol–water partition coefficient (Wildman–Crippen LogP) is 0.895. The van der Waals surface area contributed by atoms with Crippen LogP contribution in [0.25, 0.3) is 0 Å². The molecule has 0 amide bonds. The summed E-state index contributed by atoms with van der Waals surface area (Å²) in [7, 11) is 1.32. The molecule has 7 heteroatoms. The van der Waals surface area contributed by atoms with E-state index >= 15 is 0 Å². The summed E-state index contributed by atoms with van der Waals surface area (Å²) in [6.45, 7) is 3.28. The Morgan fingerprint density at radius 1 is 1.25 bits per heavy atom. The number of phenols is 2. The van der Waals surface area contributed by atoms with Crippen molar-refractivity contribution >= 4 is 5.78 Å². The standard InChI is InChI=1S/C17H22O7/c1-16-5-4-11(19)17(2,24-16)7-8-12(14(21)15(16)22)9(18)6-10(23-3)13(8)20/h6,11,15,18-20,22H,4-5,7H2,1-3H3/t11-,15-,16+,17+/m1/s1. The molecule has 4 atom stereocenters. The number of phenolic OH excluding ortho intramolecular Hbond substituents is 2. The van der Waals surface area contributed by atoms with Gasteiger partial charge in [-0.1, -0.05) is 0 Å². The molecule has 0 aromatic heterocycles. The zero-order chi connectivity index (χ0) is 17.9. The summed E-state index contributed by atoms with van der Waals surface area (Å²) in [5.41, 5.74) is -2.36. The lowest BCUT2D eigenvalue weighted by molar-refractivity contribution is -0.244. The Hall–Kier alpha value is -1.83. The van der Waals surface area contributed by atoms with Crippen LogP contribution in [0.4, 0.5) is 0 Å².